The van der Waals surface area contributed by atoms with Crippen LogP contribution in [0.15, 0.2) is 0 Å². The fourth-order valence-corrected chi connectivity index (χ4v) is 4.17. The first-order valence-electron chi connectivity index (χ1n) is 10.3. The lowest BCUT2D eigenvalue weighted by molar-refractivity contribution is -0.147. The molecule has 7 nitrogen and oxygen atoms in total. The van der Waals surface area contributed by atoms with E-state index in [-0.39, 0.29) is 48.1 Å². The summed E-state index contributed by atoms with van der Waals surface area (Å²) >= 11 is 7.31. The van der Waals surface area contributed by atoms with Crippen molar-refractivity contribution in [2.45, 2.75) is 48.7 Å². The quantitative estimate of drug-likeness (QED) is 0.171. The van der Waals surface area contributed by atoms with Gasteiger partial charge in [-0.1, -0.05) is 38.8 Å². The number of carbonyl (C=O) groups excluding carboxylic acids is 2. The van der Waals surface area contributed by atoms with E-state index in [9.17, 15) is 9.59 Å². The second-order valence-corrected chi connectivity index (χ2v) is 9.39. The van der Waals surface area contributed by atoms with Crippen LogP contribution in [0.1, 0.15) is 39.0 Å². The first kappa shape index (κ1) is 27.0. The zero-order valence-electron chi connectivity index (χ0n) is 17.2. The summed E-state index contributed by atoms with van der Waals surface area (Å²) < 4.78 is 21.1. The van der Waals surface area contributed by atoms with Gasteiger partial charge in [0.1, 0.15) is 5.78 Å². The summed E-state index contributed by atoms with van der Waals surface area (Å²) in [5.74, 6) is 0.0269. The second kappa shape index (κ2) is 16.6. The Morgan fingerprint density at radius 1 is 1.07 bits per heavy atom. The van der Waals surface area contributed by atoms with Gasteiger partial charge in [-0.3, -0.25) is 9.59 Å². The largest absolute Gasteiger partial charge is 0.465 e. The van der Waals surface area contributed by atoms with Gasteiger partial charge in [-0.05, 0) is 19.3 Å². The van der Waals surface area contributed by atoms with Gasteiger partial charge in [0.15, 0.2) is 0 Å². The molecule has 29 heavy (non-hydrogen) atoms. The molecule has 1 fully saturated rings. The number of aliphatic hydroxyl groups excluding tert-OH is 1. The van der Waals surface area contributed by atoms with E-state index in [0.29, 0.717) is 50.9 Å². The molecule has 0 aromatic heterocycles. The van der Waals surface area contributed by atoms with Gasteiger partial charge in [0.25, 0.3) is 0 Å². The number of Topliss-reactive ketones (excluding diaryl/α,β-unsaturated/α-hetero) is 1. The van der Waals surface area contributed by atoms with E-state index >= 15 is 0 Å². The molecule has 1 rings (SSSR count). The van der Waals surface area contributed by atoms with Crippen LogP contribution in [-0.2, 0) is 28.5 Å². The molecular weight excluding hydrogens is 512 g/mol. The van der Waals surface area contributed by atoms with E-state index in [4.69, 9.17) is 24.1 Å². The normalized spacial score (nSPS) is 21.3. The highest BCUT2D eigenvalue weighted by atomic mass is 79.9. The Kier molecular flexibility index (Phi) is 15.5. The molecule has 0 amide bonds. The van der Waals surface area contributed by atoms with Crippen LogP contribution in [0.25, 0.3) is 0 Å². The van der Waals surface area contributed by atoms with Crippen LogP contribution in [0.2, 0.25) is 0 Å². The monoisotopic (exact) mass is 544 g/mol. The van der Waals surface area contributed by atoms with Gasteiger partial charge in [-0.15, -0.1) is 0 Å². The first-order chi connectivity index (χ1) is 14.0. The summed E-state index contributed by atoms with van der Waals surface area (Å²) in [4.78, 5) is 24.7. The van der Waals surface area contributed by atoms with E-state index in [0.717, 1.165) is 19.3 Å². The lowest BCUT2D eigenvalue weighted by Gasteiger charge is -2.23. The average molecular weight is 546 g/mol. The number of halogens is 2. The van der Waals surface area contributed by atoms with Crippen molar-refractivity contribution in [3.8, 4) is 0 Å². The van der Waals surface area contributed by atoms with Crippen LogP contribution >= 0.6 is 31.9 Å². The average Bonchev–Trinajstić information content (AvgIpc) is 3.06. The number of rotatable bonds is 17. The topological polar surface area (TPSA) is 91.3 Å². The smallest absolute Gasteiger partial charge is 0.308 e. The van der Waals surface area contributed by atoms with Crippen molar-refractivity contribution in [2.24, 2.45) is 11.8 Å². The molecule has 0 aromatic carbocycles. The van der Waals surface area contributed by atoms with Crippen LogP contribution in [-0.4, -0.2) is 79.4 Å². The van der Waals surface area contributed by atoms with Crippen molar-refractivity contribution in [2.75, 3.05) is 52.9 Å². The number of ether oxygens (including phenoxy) is 4. The Morgan fingerprint density at radius 3 is 2.31 bits per heavy atom. The van der Waals surface area contributed by atoms with E-state index < -0.39 is 0 Å². The highest BCUT2D eigenvalue weighted by Crippen LogP contribution is 2.36. The van der Waals surface area contributed by atoms with Crippen LogP contribution < -0.4 is 0 Å². The third-order valence-corrected chi connectivity index (χ3v) is 7.90. The van der Waals surface area contributed by atoms with Crippen LogP contribution in [0.3, 0.4) is 0 Å². The SMILES string of the molecule is CCC(Br)C(Br)CC1C(=O)CCC1COC(=O)CCOCCOCCOCCO. The van der Waals surface area contributed by atoms with E-state index in [2.05, 4.69) is 38.8 Å². The van der Waals surface area contributed by atoms with Crippen molar-refractivity contribution >= 4 is 43.6 Å². The fourth-order valence-electron chi connectivity index (χ4n) is 3.18. The molecular formula is C20H34Br2O7. The third-order valence-electron chi connectivity index (χ3n) is 4.89. The highest BCUT2D eigenvalue weighted by Gasteiger charge is 2.37. The molecule has 1 aliphatic carbocycles. The standard InChI is InChI=1S/C20H34Br2O7/c1-2-17(21)18(22)13-16-15(3-4-19(16)24)14-29-20(25)5-7-26-9-11-28-12-10-27-8-6-23/h15-18,23H,2-14H2,1H3. The van der Waals surface area contributed by atoms with Gasteiger partial charge in [0.05, 0.1) is 59.3 Å². The van der Waals surface area contributed by atoms with Crippen molar-refractivity contribution < 1.29 is 33.6 Å². The minimum atomic E-state index is -0.302. The maximum absolute atomic E-state index is 12.2. The molecule has 0 saturated heterocycles. The Balaban J connectivity index is 2.11. The van der Waals surface area contributed by atoms with E-state index in [1.54, 1.807) is 0 Å². The van der Waals surface area contributed by atoms with Crippen LogP contribution in [0, 0.1) is 11.8 Å². The fraction of sp³-hybridized carbons (Fsp3) is 0.900. The zero-order chi connectivity index (χ0) is 21.5. The molecule has 0 radical (unpaired) electrons. The minimum Gasteiger partial charge on any atom is -0.465 e. The lowest BCUT2D eigenvalue weighted by Crippen LogP contribution is -2.26. The van der Waals surface area contributed by atoms with Gasteiger partial charge in [-0.2, -0.15) is 0 Å². The number of alkyl halides is 2. The summed E-state index contributed by atoms with van der Waals surface area (Å²) in [6.45, 7) is 4.68. The molecule has 9 heteroatoms. The van der Waals surface area contributed by atoms with Crippen LogP contribution in [0.5, 0.6) is 0 Å². The van der Waals surface area contributed by atoms with E-state index in [1.807, 2.05) is 0 Å². The maximum atomic E-state index is 12.2. The second-order valence-electron chi connectivity index (χ2n) is 7.04. The van der Waals surface area contributed by atoms with Crippen molar-refractivity contribution in [3.05, 3.63) is 0 Å². The summed E-state index contributed by atoms with van der Waals surface area (Å²) in [6, 6.07) is 0. The van der Waals surface area contributed by atoms with E-state index in [1.165, 1.54) is 0 Å². The number of hydrogen-bond acceptors (Lipinski definition) is 7. The predicted molar refractivity (Wildman–Crippen MR) is 117 cm³/mol. The Hall–Kier alpha value is -0.0600. The van der Waals surface area contributed by atoms with Crippen molar-refractivity contribution in [1.82, 2.24) is 0 Å². The number of esters is 1. The molecule has 0 bridgehead atoms. The summed E-state index contributed by atoms with van der Waals surface area (Å²) in [7, 11) is 0. The number of hydrogen-bond donors (Lipinski definition) is 1. The predicted octanol–water partition coefficient (Wildman–Crippen LogP) is 2.88. The molecule has 0 spiro atoms. The maximum Gasteiger partial charge on any atom is 0.308 e. The van der Waals surface area contributed by atoms with Gasteiger partial charge in [-0.25, -0.2) is 0 Å². The summed E-state index contributed by atoms with van der Waals surface area (Å²) in [6.07, 6.45) is 3.29. The summed E-state index contributed by atoms with van der Waals surface area (Å²) in [5, 5.41) is 8.56. The molecule has 0 aliphatic heterocycles. The van der Waals surface area contributed by atoms with Crippen LogP contribution in [0.4, 0.5) is 0 Å². The lowest BCUT2D eigenvalue weighted by atomic mass is 9.90. The number of aliphatic hydroxyl groups is 1. The van der Waals surface area contributed by atoms with Gasteiger partial charge < -0.3 is 24.1 Å². The molecule has 0 aromatic rings. The first-order valence-corrected chi connectivity index (χ1v) is 12.1. The van der Waals surface area contributed by atoms with Crippen molar-refractivity contribution in [1.29, 1.82) is 0 Å². The van der Waals surface area contributed by atoms with Gasteiger partial charge in [0.2, 0.25) is 0 Å². The Bertz CT molecular complexity index is 464. The third kappa shape index (κ3) is 11.8. The Labute approximate surface area is 190 Å². The molecule has 1 N–H and O–H groups in total. The van der Waals surface area contributed by atoms with Gasteiger partial charge in [0, 0.05) is 27.9 Å². The summed E-state index contributed by atoms with van der Waals surface area (Å²) in [5.41, 5.74) is 0. The Morgan fingerprint density at radius 2 is 1.69 bits per heavy atom. The molecule has 4 atom stereocenters. The molecule has 4 unspecified atom stereocenters. The number of carbonyl (C=O) groups is 2. The minimum absolute atomic E-state index is 0.00409. The van der Waals surface area contributed by atoms with Crippen molar-refractivity contribution in [3.63, 3.8) is 0 Å². The molecule has 1 saturated carbocycles. The molecule has 170 valence electrons. The molecule has 1 aliphatic rings. The molecule has 0 heterocycles. The number of ketones is 1. The van der Waals surface area contributed by atoms with Gasteiger partial charge >= 0.3 is 5.97 Å². The zero-order valence-corrected chi connectivity index (χ0v) is 20.3. The highest BCUT2D eigenvalue weighted by molar-refractivity contribution is 9.12.